The standard InChI is InChI=1S/C12H18BrNS/c1-3-6-15-12-5-4-11(13)8-10(12)7-9(2)14/h4-5,8-9H,3,6-7,14H2,1-2H3. The highest BCUT2D eigenvalue weighted by molar-refractivity contribution is 9.10. The van der Waals surface area contributed by atoms with Crippen molar-refractivity contribution in [3.05, 3.63) is 28.2 Å². The molecule has 0 aliphatic carbocycles. The van der Waals surface area contributed by atoms with Crippen LogP contribution in [0.4, 0.5) is 0 Å². The van der Waals surface area contributed by atoms with E-state index in [2.05, 4.69) is 48.0 Å². The average Bonchev–Trinajstić information content (AvgIpc) is 2.16. The number of thioether (sulfide) groups is 1. The molecule has 0 heterocycles. The normalized spacial score (nSPS) is 12.8. The SMILES string of the molecule is CCCSc1ccc(Br)cc1CC(C)N. The Labute approximate surface area is 105 Å². The van der Waals surface area contributed by atoms with Crippen molar-refractivity contribution in [2.45, 2.75) is 37.6 Å². The van der Waals surface area contributed by atoms with Crippen LogP contribution in [0.25, 0.3) is 0 Å². The molecule has 1 atom stereocenters. The van der Waals surface area contributed by atoms with E-state index in [1.54, 1.807) is 0 Å². The molecule has 1 aromatic carbocycles. The number of benzene rings is 1. The van der Waals surface area contributed by atoms with Gasteiger partial charge in [0.25, 0.3) is 0 Å². The second-order valence-electron chi connectivity index (χ2n) is 3.78. The van der Waals surface area contributed by atoms with Crippen LogP contribution in [0.1, 0.15) is 25.8 Å². The fourth-order valence-electron chi connectivity index (χ4n) is 1.41. The summed E-state index contributed by atoms with van der Waals surface area (Å²) in [6, 6.07) is 6.69. The molecular weight excluding hydrogens is 270 g/mol. The van der Waals surface area contributed by atoms with Gasteiger partial charge in [0.05, 0.1) is 0 Å². The minimum Gasteiger partial charge on any atom is -0.328 e. The van der Waals surface area contributed by atoms with Gasteiger partial charge in [-0.2, -0.15) is 0 Å². The van der Waals surface area contributed by atoms with Gasteiger partial charge in [-0.25, -0.2) is 0 Å². The highest BCUT2D eigenvalue weighted by atomic mass is 79.9. The van der Waals surface area contributed by atoms with Crippen LogP contribution in [0.5, 0.6) is 0 Å². The first-order valence-electron chi connectivity index (χ1n) is 5.30. The molecule has 0 spiro atoms. The van der Waals surface area contributed by atoms with Crippen molar-refractivity contribution >= 4 is 27.7 Å². The summed E-state index contributed by atoms with van der Waals surface area (Å²) < 4.78 is 1.14. The highest BCUT2D eigenvalue weighted by Gasteiger charge is 2.05. The summed E-state index contributed by atoms with van der Waals surface area (Å²) in [5.41, 5.74) is 7.21. The minimum atomic E-state index is 0.222. The third-order valence-electron chi connectivity index (χ3n) is 2.03. The highest BCUT2D eigenvalue weighted by Crippen LogP contribution is 2.27. The molecule has 15 heavy (non-hydrogen) atoms. The summed E-state index contributed by atoms with van der Waals surface area (Å²) >= 11 is 5.43. The molecule has 0 aromatic heterocycles. The van der Waals surface area contributed by atoms with E-state index in [0.717, 1.165) is 10.9 Å². The smallest absolute Gasteiger partial charge is 0.0178 e. The predicted octanol–water partition coefficient (Wildman–Crippen LogP) is 3.84. The lowest BCUT2D eigenvalue weighted by atomic mass is 10.1. The Morgan fingerprint density at radius 3 is 2.80 bits per heavy atom. The van der Waals surface area contributed by atoms with Crippen LogP contribution in [-0.4, -0.2) is 11.8 Å². The van der Waals surface area contributed by atoms with Gasteiger partial charge in [0.15, 0.2) is 0 Å². The number of rotatable bonds is 5. The lowest BCUT2D eigenvalue weighted by molar-refractivity contribution is 0.729. The van der Waals surface area contributed by atoms with Crippen LogP contribution in [-0.2, 0) is 6.42 Å². The fraction of sp³-hybridized carbons (Fsp3) is 0.500. The predicted molar refractivity (Wildman–Crippen MR) is 72.5 cm³/mol. The van der Waals surface area contributed by atoms with Gasteiger partial charge in [-0.1, -0.05) is 22.9 Å². The van der Waals surface area contributed by atoms with Crippen molar-refractivity contribution in [1.82, 2.24) is 0 Å². The van der Waals surface area contributed by atoms with E-state index in [0.29, 0.717) is 0 Å². The van der Waals surface area contributed by atoms with Crippen LogP contribution in [0.3, 0.4) is 0 Å². The number of hydrogen-bond donors (Lipinski definition) is 1. The summed E-state index contributed by atoms with van der Waals surface area (Å²) in [7, 11) is 0. The van der Waals surface area contributed by atoms with Gasteiger partial charge in [0.1, 0.15) is 0 Å². The summed E-state index contributed by atoms with van der Waals surface area (Å²) in [6.45, 7) is 4.26. The zero-order chi connectivity index (χ0) is 11.3. The Morgan fingerprint density at radius 2 is 2.20 bits per heavy atom. The maximum Gasteiger partial charge on any atom is 0.0178 e. The van der Waals surface area contributed by atoms with Gasteiger partial charge in [-0.05, 0) is 49.3 Å². The van der Waals surface area contributed by atoms with Gasteiger partial charge < -0.3 is 5.73 Å². The molecule has 2 N–H and O–H groups in total. The molecule has 1 rings (SSSR count). The first-order valence-corrected chi connectivity index (χ1v) is 7.08. The van der Waals surface area contributed by atoms with Crippen LogP contribution in [0, 0.1) is 0 Å². The second kappa shape index (κ2) is 6.56. The molecule has 0 aliphatic heterocycles. The summed E-state index contributed by atoms with van der Waals surface area (Å²) in [5, 5.41) is 0. The van der Waals surface area contributed by atoms with E-state index < -0.39 is 0 Å². The van der Waals surface area contributed by atoms with E-state index >= 15 is 0 Å². The van der Waals surface area contributed by atoms with Crippen LogP contribution in [0.2, 0.25) is 0 Å². The van der Waals surface area contributed by atoms with Crippen molar-refractivity contribution in [3.8, 4) is 0 Å². The summed E-state index contributed by atoms with van der Waals surface area (Å²) in [5.74, 6) is 1.17. The number of nitrogens with two attached hydrogens (primary N) is 1. The molecule has 0 fully saturated rings. The number of hydrogen-bond acceptors (Lipinski definition) is 2. The molecule has 1 nitrogen and oxygen atoms in total. The zero-order valence-corrected chi connectivity index (χ0v) is 11.7. The van der Waals surface area contributed by atoms with Crippen molar-refractivity contribution in [2.24, 2.45) is 5.73 Å². The Morgan fingerprint density at radius 1 is 1.47 bits per heavy atom. The van der Waals surface area contributed by atoms with Gasteiger partial charge in [-0.3, -0.25) is 0 Å². The average molecular weight is 288 g/mol. The quantitative estimate of drug-likeness (QED) is 0.833. The first kappa shape index (κ1) is 13.1. The number of halogens is 1. The fourth-order valence-corrected chi connectivity index (χ4v) is 2.73. The Kier molecular flexibility index (Phi) is 5.72. The van der Waals surface area contributed by atoms with Gasteiger partial charge in [0.2, 0.25) is 0 Å². The largest absolute Gasteiger partial charge is 0.328 e. The molecule has 1 unspecified atom stereocenters. The zero-order valence-electron chi connectivity index (χ0n) is 9.29. The monoisotopic (exact) mass is 287 g/mol. The molecule has 0 aliphatic rings. The van der Waals surface area contributed by atoms with Crippen molar-refractivity contribution < 1.29 is 0 Å². The second-order valence-corrected chi connectivity index (χ2v) is 5.83. The third kappa shape index (κ3) is 4.58. The van der Waals surface area contributed by atoms with Gasteiger partial charge in [0, 0.05) is 15.4 Å². The Bertz CT molecular complexity index is 312. The summed E-state index contributed by atoms with van der Waals surface area (Å²) in [4.78, 5) is 1.37. The van der Waals surface area contributed by atoms with Gasteiger partial charge >= 0.3 is 0 Å². The third-order valence-corrected chi connectivity index (χ3v) is 3.84. The van der Waals surface area contributed by atoms with Crippen LogP contribution >= 0.6 is 27.7 Å². The van der Waals surface area contributed by atoms with E-state index in [-0.39, 0.29) is 6.04 Å². The van der Waals surface area contributed by atoms with Gasteiger partial charge in [-0.15, -0.1) is 11.8 Å². The van der Waals surface area contributed by atoms with E-state index in [1.165, 1.54) is 22.6 Å². The molecule has 0 amide bonds. The molecule has 1 aromatic rings. The molecule has 0 radical (unpaired) electrons. The van der Waals surface area contributed by atoms with Crippen molar-refractivity contribution in [1.29, 1.82) is 0 Å². The topological polar surface area (TPSA) is 26.0 Å². The molecule has 0 saturated heterocycles. The Balaban J connectivity index is 2.82. The summed E-state index contributed by atoms with van der Waals surface area (Å²) in [6.07, 6.45) is 2.16. The minimum absolute atomic E-state index is 0.222. The lowest BCUT2D eigenvalue weighted by Crippen LogP contribution is -2.18. The lowest BCUT2D eigenvalue weighted by Gasteiger charge is -2.11. The Hall–Kier alpha value is 0.01000. The molecular formula is C12H18BrNS. The molecule has 0 bridgehead atoms. The molecule has 3 heteroatoms. The maximum absolute atomic E-state index is 5.85. The van der Waals surface area contributed by atoms with Crippen LogP contribution < -0.4 is 5.73 Å². The van der Waals surface area contributed by atoms with E-state index in [4.69, 9.17) is 5.73 Å². The molecule has 0 saturated carbocycles. The van der Waals surface area contributed by atoms with E-state index in [9.17, 15) is 0 Å². The van der Waals surface area contributed by atoms with Crippen molar-refractivity contribution in [2.75, 3.05) is 5.75 Å². The van der Waals surface area contributed by atoms with E-state index in [1.807, 2.05) is 11.8 Å². The first-order chi connectivity index (χ1) is 7.13. The maximum atomic E-state index is 5.85. The van der Waals surface area contributed by atoms with Crippen molar-refractivity contribution in [3.63, 3.8) is 0 Å². The van der Waals surface area contributed by atoms with Crippen LogP contribution in [0.15, 0.2) is 27.6 Å². The molecule has 84 valence electrons.